The molecule has 24 heavy (non-hydrogen) atoms. The van der Waals surface area contributed by atoms with Crippen LogP contribution in [0.2, 0.25) is 0 Å². The molecule has 0 saturated heterocycles. The molecule has 1 N–H and O–H groups in total. The summed E-state index contributed by atoms with van der Waals surface area (Å²) in [5, 5.41) is 11.9. The Bertz CT molecular complexity index is 674. The van der Waals surface area contributed by atoms with Gasteiger partial charge in [-0.15, -0.1) is 10.2 Å². The zero-order chi connectivity index (χ0) is 17.8. The van der Waals surface area contributed by atoms with Gasteiger partial charge in [0.05, 0.1) is 5.75 Å². The first-order chi connectivity index (χ1) is 11.2. The SMILES string of the molecule is CC(C)(C)CC(C)(C)NC(=O)CSc1nncn1-c1ccccc1. The highest BCUT2D eigenvalue weighted by molar-refractivity contribution is 7.99. The summed E-state index contributed by atoms with van der Waals surface area (Å²) in [6, 6.07) is 9.86. The van der Waals surface area contributed by atoms with E-state index in [0.29, 0.717) is 10.9 Å². The van der Waals surface area contributed by atoms with Crippen molar-refractivity contribution in [2.24, 2.45) is 5.41 Å². The topological polar surface area (TPSA) is 59.8 Å². The lowest BCUT2D eigenvalue weighted by molar-refractivity contribution is -0.120. The molecule has 1 amide bonds. The Kier molecular flexibility index (Phi) is 5.70. The van der Waals surface area contributed by atoms with Crippen molar-refractivity contribution >= 4 is 17.7 Å². The second-order valence-electron chi connectivity index (χ2n) is 7.78. The molecule has 1 heterocycles. The van der Waals surface area contributed by atoms with Crippen LogP contribution in [0.3, 0.4) is 0 Å². The van der Waals surface area contributed by atoms with Gasteiger partial charge in [-0.1, -0.05) is 50.7 Å². The molecule has 2 aromatic rings. The molecule has 0 spiro atoms. The summed E-state index contributed by atoms with van der Waals surface area (Å²) in [4.78, 5) is 12.3. The van der Waals surface area contributed by atoms with Gasteiger partial charge in [-0.05, 0) is 37.8 Å². The number of benzene rings is 1. The van der Waals surface area contributed by atoms with Gasteiger partial charge in [0.25, 0.3) is 0 Å². The highest BCUT2D eigenvalue weighted by Gasteiger charge is 2.27. The first-order valence-corrected chi connectivity index (χ1v) is 9.04. The van der Waals surface area contributed by atoms with Gasteiger partial charge in [0.15, 0.2) is 5.16 Å². The maximum Gasteiger partial charge on any atom is 0.230 e. The number of carbonyl (C=O) groups is 1. The molecule has 0 aliphatic heterocycles. The van der Waals surface area contributed by atoms with E-state index in [1.165, 1.54) is 11.8 Å². The van der Waals surface area contributed by atoms with Gasteiger partial charge in [-0.3, -0.25) is 9.36 Å². The molecule has 0 unspecified atom stereocenters. The van der Waals surface area contributed by atoms with E-state index in [0.717, 1.165) is 12.1 Å². The normalized spacial score (nSPS) is 12.2. The Morgan fingerprint density at radius 2 is 1.83 bits per heavy atom. The Hall–Kier alpha value is -1.82. The Balaban J connectivity index is 1.95. The minimum Gasteiger partial charge on any atom is -0.350 e. The fourth-order valence-corrected chi connectivity index (χ4v) is 3.73. The number of nitrogens with one attached hydrogen (secondary N) is 1. The molecule has 0 radical (unpaired) electrons. The quantitative estimate of drug-likeness (QED) is 0.811. The average molecular weight is 347 g/mol. The minimum atomic E-state index is -0.233. The Morgan fingerprint density at radius 3 is 2.46 bits per heavy atom. The molecule has 130 valence electrons. The van der Waals surface area contributed by atoms with Crippen LogP contribution in [0.25, 0.3) is 5.69 Å². The molecule has 0 atom stereocenters. The van der Waals surface area contributed by atoms with Gasteiger partial charge in [-0.2, -0.15) is 0 Å². The average Bonchev–Trinajstić information content (AvgIpc) is 2.91. The number of rotatable bonds is 6. The van der Waals surface area contributed by atoms with E-state index in [-0.39, 0.29) is 16.9 Å². The lowest BCUT2D eigenvalue weighted by Crippen LogP contribution is -2.46. The van der Waals surface area contributed by atoms with E-state index in [1.54, 1.807) is 6.33 Å². The fourth-order valence-electron chi connectivity index (χ4n) is 3.00. The molecule has 0 fully saturated rings. The molecule has 5 nitrogen and oxygen atoms in total. The van der Waals surface area contributed by atoms with Crippen molar-refractivity contribution in [1.82, 2.24) is 20.1 Å². The third kappa shape index (κ3) is 5.67. The minimum absolute atomic E-state index is 0.0110. The number of aromatic nitrogens is 3. The summed E-state index contributed by atoms with van der Waals surface area (Å²) < 4.78 is 1.89. The van der Waals surface area contributed by atoms with Crippen LogP contribution in [0.1, 0.15) is 41.0 Å². The van der Waals surface area contributed by atoms with E-state index >= 15 is 0 Å². The first kappa shape index (κ1) is 18.5. The van der Waals surface area contributed by atoms with Crippen LogP contribution >= 0.6 is 11.8 Å². The van der Waals surface area contributed by atoms with E-state index in [9.17, 15) is 4.79 Å². The van der Waals surface area contributed by atoms with Gasteiger partial charge in [0, 0.05) is 11.2 Å². The van der Waals surface area contributed by atoms with Crippen molar-refractivity contribution in [2.75, 3.05) is 5.75 Å². The van der Waals surface area contributed by atoms with Crippen LogP contribution in [0, 0.1) is 5.41 Å². The summed E-state index contributed by atoms with van der Waals surface area (Å²) >= 11 is 1.39. The molecule has 1 aromatic carbocycles. The van der Waals surface area contributed by atoms with Gasteiger partial charge in [0.2, 0.25) is 5.91 Å². The van der Waals surface area contributed by atoms with Crippen LogP contribution in [0.5, 0.6) is 0 Å². The third-order valence-electron chi connectivity index (χ3n) is 3.33. The highest BCUT2D eigenvalue weighted by Crippen LogP contribution is 2.27. The molecule has 0 aliphatic rings. The summed E-state index contributed by atoms with van der Waals surface area (Å²) in [6.45, 7) is 10.7. The number of thioether (sulfide) groups is 1. The standard InChI is InChI=1S/C18H26N4OS/c1-17(2,3)12-18(4,5)20-15(23)11-24-16-21-19-13-22(16)14-9-7-6-8-10-14/h6-10,13H,11-12H2,1-5H3,(H,20,23). The summed E-state index contributed by atoms with van der Waals surface area (Å²) in [6.07, 6.45) is 2.58. The number of carbonyl (C=O) groups excluding carboxylic acids is 1. The van der Waals surface area contributed by atoms with Gasteiger partial charge < -0.3 is 5.32 Å². The number of para-hydroxylation sites is 1. The molecule has 6 heteroatoms. The van der Waals surface area contributed by atoms with Crippen LogP contribution in [-0.4, -0.2) is 32.0 Å². The monoisotopic (exact) mass is 346 g/mol. The predicted molar refractivity (Wildman–Crippen MR) is 98.4 cm³/mol. The largest absolute Gasteiger partial charge is 0.350 e. The highest BCUT2D eigenvalue weighted by atomic mass is 32.2. The van der Waals surface area contributed by atoms with Crippen molar-refractivity contribution in [3.8, 4) is 5.69 Å². The van der Waals surface area contributed by atoms with Crippen molar-refractivity contribution in [2.45, 2.75) is 51.7 Å². The first-order valence-electron chi connectivity index (χ1n) is 8.06. The zero-order valence-corrected chi connectivity index (χ0v) is 15.9. The summed E-state index contributed by atoms with van der Waals surface area (Å²) in [5.74, 6) is 0.330. The van der Waals surface area contributed by atoms with Crippen molar-refractivity contribution < 1.29 is 4.79 Å². The van der Waals surface area contributed by atoms with Gasteiger partial charge in [0.1, 0.15) is 6.33 Å². The molecule has 0 saturated carbocycles. The molecule has 0 aliphatic carbocycles. The molecule has 2 rings (SSSR count). The lowest BCUT2D eigenvalue weighted by Gasteiger charge is -2.33. The maximum atomic E-state index is 12.3. The fraction of sp³-hybridized carbons (Fsp3) is 0.500. The Morgan fingerprint density at radius 1 is 1.17 bits per heavy atom. The molecular weight excluding hydrogens is 320 g/mol. The van der Waals surface area contributed by atoms with Crippen LogP contribution < -0.4 is 5.32 Å². The number of amides is 1. The molecule has 1 aromatic heterocycles. The predicted octanol–water partition coefficient (Wildman–Crippen LogP) is 3.69. The zero-order valence-electron chi connectivity index (χ0n) is 15.0. The maximum absolute atomic E-state index is 12.3. The Labute approximate surface area is 148 Å². The van der Waals surface area contributed by atoms with E-state index in [2.05, 4.69) is 50.1 Å². The van der Waals surface area contributed by atoms with E-state index in [4.69, 9.17) is 0 Å². The summed E-state index contributed by atoms with van der Waals surface area (Å²) in [7, 11) is 0. The van der Waals surface area contributed by atoms with Crippen LogP contribution in [-0.2, 0) is 4.79 Å². The van der Waals surface area contributed by atoms with Crippen molar-refractivity contribution in [3.63, 3.8) is 0 Å². The van der Waals surface area contributed by atoms with Crippen molar-refractivity contribution in [3.05, 3.63) is 36.7 Å². The molecular formula is C18H26N4OS. The number of hydrogen-bond acceptors (Lipinski definition) is 4. The number of nitrogens with zero attached hydrogens (tertiary/aromatic N) is 3. The van der Waals surface area contributed by atoms with Crippen molar-refractivity contribution in [1.29, 1.82) is 0 Å². The van der Waals surface area contributed by atoms with Gasteiger partial charge in [-0.25, -0.2) is 0 Å². The van der Waals surface area contributed by atoms with Crippen LogP contribution in [0.4, 0.5) is 0 Å². The second-order valence-corrected chi connectivity index (χ2v) is 8.72. The summed E-state index contributed by atoms with van der Waals surface area (Å²) in [5.41, 5.74) is 0.916. The van der Waals surface area contributed by atoms with E-state index in [1.807, 2.05) is 34.9 Å². The van der Waals surface area contributed by atoms with E-state index < -0.39 is 0 Å². The third-order valence-corrected chi connectivity index (χ3v) is 4.28. The molecule has 0 bridgehead atoms. The number of hydrogen-bond donors (Lipinski definition) is 1. The van der Waals surface area contributed by atoms with Crippen LogP contribution in [0.15, 0.2) is 41.8 Å². The smallest absolute Gasteiger partial charge is 0.230 e. The second kappa shape index (κ2) is 7.38. The lowest BCUT2D eigenvalue weighted by atomic mass is 9.82. The van der Waals surface area contributed by atoms with Gasteiger partial charge >= 0.3 is 0 Å².